The largest absolute Gasteiger partial charge is 0.469 e. The van der Waals surface area contributed by atoms with Crippen LogP contribution in [0.1, 0.15) is 47.6 Å². The third-order valence-electron chi connectivity index (χ3n) is 5.84. The van der Waals surface area contributed by atoms with Crippen LogP contribution < -0.4 is 4.72 Å². The summed E-state index contributed by atoms with van der Waals surface area (Å²) in [5.74, 6) is -0.218. The number of carbonyl (C=O) groups excluding carboxylic acids is 1. The molecule has 3 rings (SSSR count). The number of sulfonamides is 1. The van der Waals surface area contributed by atoms with Gasteiger partial charge >= 0.3 is 5.97 Å². The number of hydrogen-bond donors (Lipinski definition) is 1. The first-order valence-electron chi connectivity index (χ1n) is 11.3. The molecule has 0 radical (unpaired) electrons. The molecule has 1 N–H and O–H groups in total. The summed E-state index contributed by atoms with van der Waals surface area (Å²) in [6, 6.07) is 21.8. The molecule has 180 valence electrons. The molecule has 3 aromatic carbocycles. The van der Waals surface area contributed by atoms with Crippen molar-refractivity contribution in [2.45, 2.75) is 50.0 Å². The molecule has 7 heteroatoms. The predicted molar refractivity (Wildman–Crippen MR) is 135 cm³/mol. The van der Waals surface area contributed by atoms with Gasteiger partial charge in [0.25, 0.3) is 0 Å². The summed E-state index contributed by atoms with van der Waals surface area (Å²) in [6.07, 6.45) is 3.17. The molecule has 1 unspecified atom stereocenters. The van der Waals surface area contributed by atoms with Crippen LogP contribution in [0, 0.1) is 6.92 Å². The van der Waals surface area contributed by atoms with Crippen LogP contribution in [0.25, 0.3) is 0 Å². The molecular weight excluding hydrogens is 470 g/mol. The Bertz CT molecular complexity index is 1190. The molecule has 0 saturated carbocycles. The summed E-state index contributed by atoms with van der Waals surface area (Å²) in [7, 11) is -2.35. The molecule has 0 bridgehead atoms. The fraction of sp³-hybridized carbons (Fsp3) is 0.296. The first kappa shape index (κ1) is 25.9. The molecule has 0 heterocycles. The standard InChI is InChI=1S/C27H30ClNO4S/c1-20-6-3-4-8-22(20)14-19-26(29-34(31,32)25-17-15-24(28)16-18-25)23-12-10-21(11-13-23)7-5-9-27(30)33-2/h3-4,6,8,10-13,15-18,26,29H,5,7,9,14,19H2,1-2H3. The Labute approximate surface area is 207 Å². The maximum absolute atomic E-state index is 13.1. The van der Waals surface area contributed by atoms with Crippen molar-refractivity contribution in [3.05, 3.63) is 100 Å². The van der Waals surface area contributed by atoms with Gasteiger partial charge in [0, 0.05) is 17.5 Å². The predicted octanol–water partition coefficient (Wildman–Crippen LogP) is 5.80. The highest BCUT2D eigenvalue weighted by molar-refractivity contribution is 7.89. The van der Waals surface area contributed by atoms with Crippen molar-refractivity contribution in [1.29, 1.82) is 0 Å². The van der Waals surface area contributed by atoms with Crippen LogP contribution in [0.15, 0.2) is 77.7 Å². The zero-order valence-electron chi connectivity index (χ0n) is 19.5. The molecular formula is C27H30ClNO4S. The van der Waals surface area contributed by atoms with E-state index in [0.717, 1.165) is 24.0 Å². The van der Waals surface area contributed by atoms with Crippen LogP contribution in [0.4, 0.5) is 0 Å². The van der Waals surface area contributed by atoms with E-state index < -0.39 is 16.1 Å². The van der Waals surface area contributed by atoms with Crippen LogP contribution in [-0.4, -0.2) is 21.5 Å². The van der Waals surface area contributed by atoms with E-state index in [0.29, 0.717) is 24.3 Å². The lowest BCUT2D eigenvalue weighted by atomic mass is 9.96. The zero-order chi connectivity index (χ0) is 24.6. The van der Waals surface area contributed by atoms with Gasteiger partial charge < -0.3 is 4.74 Å². The average molecular weight is 500 g/mol. The number of ether oxygens (including phenoxy) is 1. The molecule has 1 atom stereocenters. The van der Waals surface area contributed by atoms with Crippen molar-refractivity contribution in [2.75, 3.05) is 7.11 Å². The number of carbonyl (C=O) groups is 1. The fourth-order valence-corrected chi connectivity index (χ4v) is 5.19. The number of benzene rings is 3. The second kappa shape index (κ2) is 12.2. The Kier molecular flexibility index (Phi) is 9.28. The summed E-state index contributed by atoms with van der Waals surface area (Å²) >= 11 is 5.93. The van der Waals surface area contributed by atoms with Crippen molar-refractivity contribution in [1.82, 2.24) is 4.72 Å². The highest BCUT2D eigenvalue weighted by Crippen LogP contribution is 2.25. The quantitative estimate of drug-likeness (QED) is 0.338. The molecule has 0 fully saturated rings. The first-order valence-corrected chi connectivity index (χ1v) is 13.1. The van der Waals surface area contributed by atoms with Gasteiger partial charge in [-0.25, -0.2) is 13.1 Å². The second-order valence-corrected chi connectivity index (χ2v) is 10.4. The third-order valence-corrected chi connectivity index (χ3v) is 7.58. The average Bonchev–Trinajstić information content (AvgIpc) is 2.83. The lowest BCUT2D eigenvalue weighted by molar-refractivity contribution is -0.140. The Hall–Kier alpha value is -2.67. The Balaban J connectivity index is 1.78. The topological polar surface area (TPSA) is 72.5 Å². The normalized spacial score (nSPS) is 12.3. The van der Waals surface area contributed by atoms with Crippen LogP contribution in [-0.2, 0) is 32.4 Å². The smallest absolute Gasteiger partial charge is 0.305 e. The number of hydrogen-bond acceptors (Lipinski definition) is 4. The highest BCUT2D eigenvalue weighted by Gasteiger charge is 2.22. The first-order chi connectivity index (χ1) is 16.3. The van der Waals surface area contributed by atoms with E-state index >= 15 is 0 Å². The van der Waals surface area contributed by atoms with E-state index in [9.17, 15) is 13.2 Å². The van der Waals surface area contributed by atoms with Gasteiger partial charge in [-0.2, -0.15) is 0 Å². The fourth-order valence-electron chi connectivity index (χ4n) is 3.81. The minimum Gasteiger partial charge on any atom is -0.469 e. The van der Waals surface area contributed by atoms with E-state index in [2.05, 4.69) is 28.5 Å². The highest BCUT2D eigenvalue weighted by atomic mass is 35.5. The van der Waals surface area contributed by atoms with Crippen molar-refractivity contribution >= 4 is 27.6 Å². The molecule has 0 amide bonds. The molecule has 34 heavy (non-hydrogen) atoms. The Morgan fingerprint density at radius 2 is 1.65 bits per heavy atom. The summed E-state index contributed by atoms with van der Waals surface area (Å²) in [6.45, 7) is 2.06. The van der Waals surface area contributed by atoms with Gasteiger partial charge in [0.1, 0.15) is 0 Å². The number of esters is 1. The maximum Gasteiger partial charge on any atom is 0.305 e. The molecule has 0 spiro atoms. The van der Waals surface area contributed by atoms with Crippen LogP contribution >= 0.6 is 11.6 Å². The zero-order valence-corrected chi connectivity index (χ0v) is 21.0. The van der Waals surface area contributed by atoms with Gasteiger partial charge in [-0.05, 0) is 79.1 Å². The Morgan fingerprint density at radius 1 is 0.971 bits per heavy atom. The van der Waals surface area contributed by atoms with E-state index in [1.165, 1.54) is 30.4 Å². The van der Waals surface area contributed by atoms with E-state index in [1.807, 2.05) is 36.4 Å². The molecule has 0 aliphatic carbocycles. The van der Waals surface area contributed by atoms with Crippen LogP contribution in [0.2, 0.25) is 5.02 Å². The third kappa shape index (κ3) is 7.42. The molecule has 0 saturated heterocycles. The van der Waals surface area contributed by atoms with Crippen molar-refractivity contribution in [3.8, 4) is 0 Å². The minimum atomic E-state index is -3.74. The molecule has 0 aromatic heterocycles. The van der Waals surface area contributed by atoms with E-state index in [-0.39, 0.29) is 10.9 Å². The van der Waals surface area contributed by atoms with Gasteiger partial charge in [0.2, 0.25) is 10.0 Å². The number of nitrogens with one attached hydrogen (secondary N) is 1. The van der Waals surface area contributed by atoms with E-state index in [1.54, 1.807) is 12.1 Å². The molecule has 0 aliphatic rings. The van der Waals surface area contributed by atoms with E-state index in [4.69, 9.17) is 11.6 Å². The summed E-state index contributed by atoms with van der Waals surface area (Å²) in [5, 5.41) is 0.484. The van der Waals surface area contributed by atoms with Crippen LogP contribution in [0.5, 0.6) is 0 Å². The number of rotatable bonds is 11. The van der Waals surface area contributed by atoms with Gasteiger partial charge in [-0.3, -0.25) is 4.79 Å². The maximum atomic E-state index is 13.1. The Morgan fingerprint density at radius 3 is 2.29 bits per heavy atom. The molecule has 0 aliphatic heterocycles. The summed E-state index contributed by atoms with van der Waals surface area (Å²) < 4.78 is 33.8. The van der Waals surface area contributed by atoms with Gasteiger partial charge in [-0.15, -0.1) is 0 Å². The van der Waals surface area contributed by atoms with Gasteiger partial charge in [-0.1, -0.05) is 60.1 Å². The van der Waals surface area contributed by atoms with Crippen molar-refractivity contribution in [3.63, 3.8) is 0 Å². The molecule has 3 aromatic rings. The number of halogens is 1. The van der Waals surface area contributed by atoms with Gasteiger partial charge in [0.05, 0.1) is 12.0 Å². The van der Waals surface area contributed by atoms with Crippen molar-refractivity contribution < 1.29 is 17.9 Å². The second-order valence-electron chi connectivity index (χ2n) is 8.26. The summed E-state index contributed by atoms with van der Waals surface area (Å²) in [5.41, 5.74) is 4.36. The lowest BCUT2D eigenvalue weighted by Gasteiger charge is -2.20. The summed E-state index contributed by atoms with van der Waals surface area (Å²) in [4.78, 5) is 11.5. The number of methoxy groups -OCH3 is 1. The number of aryl methyl sites for hydroxylation is 3. The SMILES string of the molecule is COC(=O)CCCc1ccc(C(CCc2ccccc2C)NS(=O)(=O)c2ccc(Cl)cc2)cc1. The van der Waals surface area contributed by atoms with Crippen LogP contribution in [0.3, 0.4) is 0 Å². The molecule has 5 nitrogen and oxygen atoms in total. The van der Waals surface area contributed by atoms with Crippen molar-refractivity contribution in [2.24, 2.45) is 0 Å². The van der Waals surface area contributed by atoms with Gasteiger partial charge in [0.15, 0.2) is 0 Å². The minimum absolute atomic E-state index is 0.178. The monoisotopic (exact) mass is 499 g/mol. The lowest BCUT2D eigenvalue weighted by Crippen LogP contribution is -2.29.